The molecule has 98 valence electrons. The zero-order valence-corrected chi connectivity index (χ0v) is 11.7. The Kier molecular flexibility index (Phi) is 4.14. The fourth-order valence-electron chi connectivity index (χ4n) is 2.16. The van der Waals surface area contributed by atoms with Gasteiger partial charge < -0.3 is 10.0 Å². The van der Waals surface area contributed by atoms with Gasteiger partial charge in [-0.25, -0.2) is 0 Å². The van der Waals surface area contributed by atoms with E-state index in [1.165, 1.54) is 6.07 Å². The lowest BCUT2D eigenvalue weighted by Crippen LogP contribution is -2.36. The number of nitrogens with zero attached hydrogens (tertiary/aromatic N) is 1. The van der Waals surface area contributed by atoms with Crippen molar-refractivity contribution in [3.05, 3.63) is 20.3 Å². The number of rotatable bonds is 3. The van der Waals surface area contributed by atoms with Crippen LogP contribution >= 0.6 is 34.5 Å². The normalized spacial score (nSPS) is 19.2. The van der Waals surface area contributed by atoms with Gasteiger partial charge >= 0.3 is 5.97 Å². The minimum Gasteiger partial charge on any atom is -0.481 e. The highest BCUT2D eigenvalue weighted by Crippen LogP contribution is 2.33. The van der Waals surface area contributed by atoms with E-state index in [2.05, 4.69) is 0 Å². The van der Waals surface area contributed by atoms with Crippen LogP contribution in [0.3, 0.4) is 0 Å². The molecule has 0 aromatic carbocycles. The molecule has 1 aliphatic heterocycles. The van der Waals surface area contributed by atoms with Crippen LogP contribution in [0.15, 0.2) is 6.07 Å². The van der Waals surface area contributed by atoms with Crippen LogP contribution in [-0.4, -0.2) is 34.5 Å². The van der Waals surface area contributed by atoms with E-state index in [1.54, 1.807) is 4.90 Å². The monoisotopic (exact) mass is 307 g/mol. The molecule has 1 saturated heterocycles. The number of hydrogen-bond acceptors (Lipinski definition) is 3. The molecule has 0 saturated carbocycles. The number of carboxylic acid groups (broad SMARTS) is 1. The topological polar surface area (TPSA) is 57.6 Å². The third kappa shape index (κ3) is 2.79. The summed E-state index contributed by atoms with van der Waals surface area (Å²) in [5.74, 6) is -1.12. The van der Waals surface area contributed by atoms with Crippen molar-refractivity contribution < 1.29 is 14.7 Å². The number of carbonyl (C=O) groups is 2. The Balaban J connectivity index is 2.17. The van der Waals surface area contributed by atoms with Crippen molar-refractivity contribution in [3.8, 4) is 0 Å². The molecule has 1 unspecified atom stereocenters. The number of halogens is 2. The van der Waals surface area contributed by atoms with Gasteiger partial charge in [0, 0.05) is 12.6 Å². The molecule has 1 atom stereocenters. The van der Waals surface area contributed by atoms with Gasteiger partial charge in [-0.15, -0.1) is 11.3 Å². The second-order valence-electron chi connectivity index (χ2n) is 4.13. The maximum absolute atomic E-state index is 12.3. The summed E-state index contributed by atoms with van der Waals surface area (Å²) in [5, 5.41) is 8.82. The molecule has 1 amide bonds. The summed E-state index contributed by atoms with van der Waals surface area (Å²) < 4.78 is 0.809. The van der Waals surface area contributed by atoms with Gasteiger partial charge in [0.25, 0.3) is 5.91 Å². The van der Waals surface area contributed by atoms with E-state index in [-0.39, 0.29) is 18.4 Å². The third-order valence-corrected chi connectivity index (χ3v) is 4.42. The number of aliphatic carboxylic acids is 1. The van der Waals surface area contributed by atoms with Crippen molar-refractivity contribution >= 4 is 46.4 Å². The first-order valence-corrected chi connectivity index (χ1v) is 7.04. The van der Waals surface area contributed by atoms with Gasteiger partial charge in [0.15, 0.2) is 0 Å². The van der Waals surface area contributed by atoms with Crippen molar-refractivity contribution in [1.29, 1.82) is 0 Å². The molecule has 1 N–H and O–H groups in total. The van der Waals surface area contributed by atoms with E-state index < -0.39 is 5.97 Å². The molecule has 1 aromatic heterocycles. The molecule has 1 fully saturated rings. The second-order valence-corrected chi connectivity index (χ2v) is 6.42. The largest absolute Gasteiger partial charge is 0.481 e. The fraction of sp³-hybridized carbons (Fsp3) is 0.455. The second kappa shape index (κ2) is 5.47. The molecule has 0 bridgehead atoms. The number of amides is 1. The van der Waals surface area contributed by atoms with Gasteiger partial charge in [0.05, 0.1) is 16.3 Å². The van der Waals surface area contributed by atoms with Crippen LogP contribution in [0, 0.1) is 0 Å². The van der Waals surface area contributed by atoms with Crippen molar-refractivity contribution in [2.75, 3.05) is 6.54 Å². The molecule has 1 aromatic rings. The zero-order valence-electron chi connectivity index (χ0n) is 9.36. The van der Waals surface area contributed by atoms with Crippen LogP contribution in [0.4, 0.5) is 0 Å². The first kappa shape index (κ1) is 13.6. The molecule has 0 spiro atoms. The molecular weight excluding hydrogens is 297 g/mol. The number of carbonyl (C=O) groups excluding carboxylic acids is 1. The summed E-state index contributed by atoms with van der Waals surface area (Å²) in [4.78, 5) is 24.6. The predicted octanol–water partition coefficient (Wildman–Crippen LogP) is 3.13. The number of thiophene rings is 1. The van der Waals surface area contributed by atoms with Crippen molar-refractivity contribution in [3.63, 3.8) is 0 Å². The van der Waals surface area contributed by atoms with E-state index in [0.717, 1.165) is 17.8 Å². The van der Waals surface area contributed by atoms with E-state index in [1.807, 2.05) is 0 Å². The smallest absolute Gasteiger partial charge is 0.305 e. The summed E-state index contributed by atoms with van der Waals surface area (Å²) in [7, 11) is 0. The molecule has 0 radical (unpaired) electrons. The summed E-state index contributed by atoms with van der Waals surface area (Å²) in [6, 6.07) is 1.29. The number of hydrogen-bond donors (Lipinski definition) is 1. The molecule has 18 heavy (non-hydrogen) atoms. The molecule has 7 heteroatoms. The summed E-state index contributed by atoms with van der Waals surface area (Å²) >= 11 is 12.9. The van der Waals surface area contributed by atoms with Crippen LogP contribution in [-0.2, 0) is 4.79 Å². The highest BCUT2D eigenvalue weighted by molar-refractivity contribution is 7.20. The lowest BCUT2D eigenvalue weighted by Gasteiger charge is -2.23. The average molecular weight is 308 g/mol. The minimum atomic E-state index is -0.894. The Morgan fingerprint density at radius 1 is 1.50 bits per heavy atom. The first-order chi connectivity index (χ1) is 8.49. The van der Waals surface area contributed by atoms with E-state index in [0.29, 0.717) is 27.2 Å². The Hall–Kier alpha value is -0.780. The number of likely N-dealkylation sites (tertiary alicyclic amines) is 1. The zero-order chi connectivity index (χ0) is 13.3. The highest BCUT2D eigenvalue weighted by Gasteiger charge is 2.32. The van der Waals surface area contributed by atoms with Crippen molar-refractivity contribution in [2.24, 2.45) is 0 Å². The first-order valence-electron chi connectivity index (χ1n) is 5.46. The maximum atomic E-state index is 12.3. The highest BCUT2D eigenvalue weighted by atomic mass is 35.5. The summed E-state index contributed by atoms with van der Waals surface area (Å²) in [6.07, 6.45) is 1.51. The third-order valence-electron chi connectivity index (χ3n) is 2.94. The van der Waals surface area contributed by atoms with Crippen molar-refractivity contribution in [1.82, 2.24) is 4.90 Å². The van der Waals surface area contributed by atoms with Gasteiger partial charge in [0.2, 0.25) is 0 Å². The van der Waals surface area contributed by atoms with Crippen LogP contribution in [0.2, 0.25) is 8.67 Å². The Labute approximate surface area is 118 Å². The van der Waals surface area contributed by atoms with Crippen LogP contribution < -0.4 is 0 Å². The molecule has 4 nitrogen and oxygen atoms in total. The van der Waals surface area contributed by atoms with Gasteiger partial charge in [0.1, 0.15) is 4.34 Å². The maximum Gasteiger partial charge on any atom is 0.305 e. The SMILES string of the molecule is O=C(O)CC1CCCN1C(=O)c1cc(Cl)sc1Cl. The standard InChI is InChI=1S/C11H11Cl2NO3S/c12-8-5-7(10(13)18-8)11(17)14-3-1-2-6(14)4-9(15)16/h5-6H,1-4H2,(H,15,16). The van der Waals surface area contributed by atoms with Gasteiger partial charge in [-0.2, -0.15) is 0 Å². The van der Waals surface area contributed by atoms with E-state index >= 15 is 0 Å². The quantitative estimate of drug-likeness (QED) is 0.933. The van der Waals surface area contributed by atoms with E-state index in [4.69, 9.17) is 28.3 Å². The molecule has 2 rings (SSSR count). The van der Waals surface area contributed by atoms with Crippen LogP contribution in [0.5, 0.6) is 0 Å². The van der Waals surface area contributed by atoms with Gasteiger partial charge in [-0.3, -0.25) is 9.59 Å². The number of carboxylic acids is 1. The predicted molar refractivity (Wildman–Crippen MR) is 70.7 cm³/mol. The fourth-order valence-corrected chi connectivity index (χ4v) is 3.61. The molecule has 1 aliphatic rings. The summed E-state index contributed by atoms with van der Waals surface area (Å²) in [6.45, 7) is 0.570. The Bertz CT molecular complexity index is 489. The minimum absolute atomic E-state index is 0.0266. The molecular formula is C11H11Cl2NO3S. The van der Waals surface area contributed by atoms with Gasteiger partial charge in [-0.05, 0) is 18.9 Å². The lowest BCUT2D eigenvalue weighted by atomic mass is 10.1. The lowest BCUT2D eigenvalue weighted by molar-refractivity contribution is -0.137. The van der Waals surface area contributed by atoms with Gasteiger partial charge in [-0.1, -0.05) is 23.2 Å². The average Bonchev–Trinajstić information content (AvgIpc) is 2.83. The molecule has 2 heterocycles. The summed E-state index contributed by atoms with van der Waals surface area (Å²) in [5.41, 5.74) is 0.365. The Morgan fingerprint density at radius 3 is 2.78 bits per heavy atom. The van der Waals surface area contributed by atoms with Crippen molar-refractivity contribution in [2.45, 2.75) is 25.3 Å². The van der Waals surface area contributed by atoms with Crippen LogP contribution in [0.1, 0.15) is 29.6 Å². The van der Waals surface area contributed by atoms with Crippen LogP contribution in [0.25, 0.3) is 0 Å². The molecule has 0 aliphatic carbocycles. The Morgan fingerprint density at radius 2 is 2.22 bits per heavy atom. The van der Waals surface area contributed by atoms with E-state index in [9.17, 15) is 9.59 Å².